The summed E-state index contributed by atoms with van der Waals surface area (Å²) >= 11 is 0. The van der Waals surface area contributed by atoms with Gasteiger partial charge in [-0.1, -0.05) is 55.5 Å². The highest BCUT2D eigenvalue weighted by Gasteiger charge is 2.14. The van der Waals surface area contributed by atoms with Crippen molar-refractivity contribution in [3.63, 3.8) is 0 Å². The lowest BCUT2D eigenvalue weighted by atomic mass is 10.0. The van der Waals surface area contributed by atoms with Crippen LogP contribution in [-0.4, -0.2) is 20.1 Å². The second kappa shape index (κ2) is 10.5. The number of benzene rings is 2. The highest BCUT2D eigenvalue weighted by atomic mass is 32.2. The number of aryl methyl sites for hydroxylation is 3. The minimum Gasteiger partial charge on any atom is -0.497 e. The molecule has 0 unspecified atom stereocenters. The molecule has 0 amide bonds. The van der Waals surface area contributed by atoms with Gasteiger partial charge in [-0.25, -0.2) is 0 Å². The average Bonchev–Trinajstić information content (AvgIpc) is 2.63. The van der Waals surface area contributed by atoms with Crippen molar-refractivity contribution in [1.82, 2.24) is 0 Å². The maximum atomic E-state index is 11.5. The Morgan fingerprint density at radius 3 is 2.04 bits per heavy atom. The Morgan fingerprint density at radius 2 is 1.44 bits per heavy atom. The lowest BCUT2D eigenvalue weighted by Crippen LogP contribution is -2.03. The summed E-state index contributed by atoms with van der Waals surface area (Å²) in [6.45, 7) is 1.93. The average molecular weight is 391 g/mol. The van der Waals surface area contributed by atoms with Gasteiger partial charge in [-0.15, -0.1) is 0 Å². The van der Waals surface area contributed by atoms with Crippen LogP contribution >= 0.6 is 0 Å². The SMILES string of the molecule is COc1ccc(CCCCCCCCc2cc(C)ccc2S(=O)(=O)O)cc1. The van der Waals surface area contributed by atoms with E-state index in [1.165, 1.54) is 30.9 Å². The molecule has 0 aliphatic heterocycles. The van der Waals surface area contributed by atoms with Crippen molar-refractivity contribution in [2.45, 2.75) is 63.2 Å². The van der Waals surface area contributed by atoms with Crippen LogP contribution in [0, 0.1) is 6.92 Å². The summed E-state index contributed by atoms with van der Waals surface area (Å²) in [6, 6.07) is 13.3. The van der Waals surface area contributed by atoms with Gasteiger partial charge in [-0.2, -0.15) is 8.42 Å². The van der Waals surface area contributed by atoms with E-state index in [0.29, 0.717) is 6.42 Å². The molecule has 0 aromatic heterocycles. The van der Waals surface area contributed by atoms with Gasteiger partial charge in [0.15, 0.2) is 0 Å². The molecule has 0 saturated heterocycles. The van der Waals surface area contributed by atoms with Crippen LogP contribution in [0.2, 0.25) is 0 Å². The van der Waals surface area contributed by atoms with Crippen LogP contribution in [-0.2, 0) is 23.0 Å². The molecule has 0 radical (unpaired) electrons. The Bertz CT molecular complexity index is 811. The Hall–Kier alpha value is -1.85. The van der Waals surface area contributed by atoms with Gasteiger partial charge in [0.1, 0.15) is 5.75 Å². The molecule has 0 heterocycles. The third-order valence-electron chi connectivity index (χ3n) is 4.81. The van der Waals surface area contributed by atoms with E-state index in [1.807, 2.05) is 25.1 Å². The van der Waals surface area contributed by atoms with Crippen molar-refractivity contribution in [2.75, 3.05) is 7.11 Å². The van der Waals surface area contributed by atoms with Gasteiger partial charge in [0.05, 0.1) is 12.0 Å². The summed E-state index contributed by atoms with van der Waals surface area (Å²) in [5, 5.41) is 0. The van der Waals surface area contributed by atoms with E-state index >= 15 is 0 Å². The van der Waals surface area contributed by atoms with E-state index in [0.717, 1.165) is 42.6 Å². The molecule has 2 rings (SSSR count). The quantitative estimate of drug-likeness (QED) is 0.413. The van der Waals surface area contributed by atoms with Crippen molar-refractivity contribution in [3.8, 4) is 5.75 Å². The molecule has 27 heavy (non-hydrogen) atoms. The summed E-state index contributed by atoms with van der Waals surface area (Å²) in [6.07, 6.45) is 8.49. The van der Waals surface area contributed by atoms with Crippen molar-refractivity contribution in [1.29, 1.82) is 0 Å². The van der Waals surface area contributed by atoms with E-state index in [-0.39, 0.29) is 4.90 Å². The van der Waals surface area contributed by atoms with Crippen LogP contribution in [0.25, 0.3) is 0 Å². The van der Waals surface area contributed by atoms with Gasteiger partial charge in [-0.05, 0) is 61.9 Å². The van der Waals surface area contributed by atoms with Gasteiger partial charge >= 0.3 is 0 Å². The zero-order valence-electron chi connectivity index (χ0n) is 16.3. The number of rotatable bonds is 11. The molecule has 0 atom stereocenters. The molecule has 0 aliphatic rings. The molecular weight excluding hydrogens is 360 g/mol. The fourth-order valence-corrected chi connectivity index (χ4v) is 4.03. The Balaban J connectivity index is 1.64. The third kappa shape index (κ3) is 7.35. The Morgan fingerprint density at radius 1 is 0.852 bits per heavy atom. The summed E-state index contributed by atoms with van der Waals surface area (Å²) in [4.78, 5) is 0.0487. The van der Waals surface area contributed by atoms with Gasteiger partial charge in [-0.3, -0.25) is 4.55 Å². The largest absolute Gasteiger partial charge is 0.497 e. The number of ether oxygens (including phenoxy) is 1. The predicted molar refractivity (Wildman–Crippen MR) is 109 cm³/mol. The van der Waals surface area contributed by atoms with Crippen LogP contribution in [0.5, 0.6) is 5.75 Å². The molecule has 0 fully saturated rings. The van der Waals surface area contributed by atoms with Crippen molar-refractivity contribution < 1.29 is 17.7 Å². The third-order valence-corrected chi connectivity index (χ3v) is 5.77. The van der Waals surface area contributed by atoms with Gasteiger partial charge in [0.2, 0.25) is 0 Å². The molecule has 1 N–H and O–H groups in total. The summed E-state index contributed by atoms with van der Waals surface area (Å²) < 4.78 is 37.5. The molecule has 0 bridgehead atoms. The first-order valence-corrected chi connectivity index (χ1v) is 11.0. The fourth-order valence-electron chi connectivity index (χ4n) is 3.30. The Kier molecular flexibility index (Phi) is 8.32. The maximum Gasteiger partial charge on any atom is 0.294 e. The standard InChI is InChI=1S/C22H30O4S/c1-18-11-16-22(27(23,24)25)20(17-18)10-8-6-4-3-5-7-9-19-12-14-21(26-2)15-13-19/h11-17H,3-10H2,1-2H3,(H,23,24,25). The second-order valence-electron chi connectivity index (χ2n) is 7.06. The second-order valence-corrected chi connectivity index (χ2v) is 8.45. The van der Waals surface area contributed by atoms with E-state index in [9.17, 15) is 13.0 Å². The first-order valence-electron chi connectivity index (χ1n) is 9.60. The molecule has 0 spiro atoms. The lowest BCUT2D eigenvalue weighted by molar-refractivity contribution is 0.414. The summed E-state index contributed by atoms with van der Waals surface area (Å²) in [5.74, 6) is 0.893. The van der Waals surface area contributed by atoms with Crippen LogP contribution in [0.3, 0.4) is 0 Å². The molecule has 0 aliphatic carbocycles. The number of unbranched alkanes of at least 4 members (excludes halogenated alkanes) is 5. The smallest absolute Gasteiger partial charge is 0.294 e. The van der Waals surface area contributed by atoms with Crippen LogP contribution in [0.4, 0.5) is 0 Å². The zero-order chi connectivity index (χ0) is 19.7. The number of hydrogen-bond acceptors (Lipinski definition) is 3. The number of methoxy groups -OCH3 is 1. The van der Waals surface area contributed by atoms with Crippen molar-refractivity contribution >= 4 is 10.1 Å². The van der Waals surface area contributed by atoms with Crippen LogP contribution < -0.4 is 4.74 Å². The molecular formula is C22H30O4S. The molecule has 2 aromatic carbocycles. The predicted octanol–water partition coefficient (Wildman–Crippen LogP) is 5.38. The minimum atomic E-state index is -4.14. The van der Waals surface area contributed by atoms with E-state index in [4.69, 9.17) is 4.74 Å². The maximum absolute atomic E-state index is 11.5. The molecule has 0 saturated carbocycles. The highest BCUT2D eigenvalue weighted by molar-refractivity contribution is 7.85. The molecule has 148 valence electrons. The van der Waals surface area contributed by atoms with Gasteiger partial charge in [0, 0.05) is 0 Å². The van der Waals surface area contributed by atoms with Gasteiger partial charge in [0.25, 0.3) is 10.1 Å². The fraction of sp³-hybridized carbons (Fsp3) is 0.455. The highest BCUT2D eigenvalue weighted by Crippen LogP contribution is 2.20. The number of hydrogen-bond donors (Lipinski definition) is 1. The summed E-state index contributed by atoms with van der Waals surface area (Å²) in [7, 11) is -2.47. The van der Waals surface area contributed by atoms with Crippen LogP contribution in [0.15, 0.2) is 47.4 Å². The van der Waals surface area contributed by atoms with Crippen molar-refractivity contribution in [2.24, 2.45) is 0 Å². The lowest BCUT2D eigenvalue weighted by Gasteiger charge is -2.08. The molecule has 4 nitrogen and oxygen atoms in total. The normalized spacial score (nSPS) is 11.5. The minimum absolute atomic E-state index is 0.0487. The Labute approximate surface area is 163 Å². The molecule has 5 heteroatoms. The van der Waals surface area contributed by atoms with E-state index in [2.05, 4.69) is 12.1 Å². The van der Waals surface area contributed by atoms with Gasteiger partial charge < -0.3 is 4.74 Å². The van der Waals surface area contributed by atoms with E-state index < -0.39 is 10.1 Å². The first-order chi connectivity index (χ1) is 12.9. The van der Waals surface area contributed by atoms with Crippen LogP contribution in [0.1, 0.15) is 55.2 Å². The zero-order valence-corrected chi connectivity index (χ0v) is 17.1. The van der Waals surface area contributed by atoms with E-state index in [1.54, 1.807) is 13.2 Å². The monoisotopic (exact) mass is 390 g/mol. The van der Waals surface area contributed by atoms with Crippen molar-refractivity contribution in [3.05, 3.63) is 59.2 Å². The molecule has 2 aromatic rings. The first kappa shape index (κ1) is 21.5. The summed E-state index contributed by atoms with van der Waals surface area (Å²) in [5.41, 5.74) is 3.07. The topological polar surface area (TPSA) is 63.6 Å².